The molecule has 2 aromatic carbocycles. The van der Waals surface area contributed by atoms with Gasteiger partial charge in [0, 0.05) is 7.05 Å². The van der Waals surface area contributed by atoms with Crippen molar-refractivity contribution in [3.8, 4) is 5.75 Å². The second kappa shape index (κ2) is 9.48. The van der Waals surface area contributed by atoms with Gasteiger partial charge in [-0.25, -0.2) is 14.8 Å². The van der Waals surface area contributed by atoms with E-state index < -0.39 is 0 Å². The molecule has 0 unspecified atom stereocenters. The number of rotatable bonds is 8. The minimum atomic E-state index is -0.322. The summed E-state index contributed by atoms with van der Waals surface area (Å²) in [5, 5.41) is 4.68. The van der Waals surface area contributed by atoms with Crippen molar-refractivity contribution in [3.63, 3.8) is 0 Å². The van der Waals surface area contributed by atoms with Crippen molar-refractivity contribution in [2.45, 2.75) is 11.8 Å². The first-order valence-corrected chi connectivity index (χ1v) is 10.4. The molecule has 4 aromatic rings. The number of para-hydroxylation sites is 2. The number of nitrogens with zero attached hydrogens (tertiary/aromatic N) is 3. The number of fused-ring (bicyclic) bond motifs is 1. The van der Waals surface area contributed by atoms with Crippen LogP contribution in [0.25, 0.3) is 11.0 Å². The molecule has 0 atom stereocenters. The molecule has 4 rings (SSSR count). The number of amides is 1. The molecular formula is C22H19FN4O3S. The molecule has 158 valence electrons. The summed E-state index contributed by atoms with van der Waals surface area (Å²) >= 11 is 1.34. The Morgan fingerprint density at radius 1 is 1.23 bits per heavy atom. The molecule has 31 heavy (non-hydrogen) atoms. The van der Waals surface area contributed by atoms with Crippen LogP contribution in [0.5, 0.6) is 5.75 Å². The maximum absolute atomic E-state index is 12.9. The van der Waals surface area contributed by atoms with Gasteiger partial charge in [-0.05, 0) is 48.5 Å². The van der Waals surface area contributed by atoms with Crippen LogP contribution in [-0.4, -0.2) is 27.4 Å². The highest BCUT2D eigenvalue weighted by Crippen LogP contribution is 2.22. The first kappa shape index (κ1) is 20.7. The summed E-state index contributed by atoms with van der Waals surface area (Å²) in [4.78, 5) is 16.6. The van der Waals surface area contributed by atoms with Crippen LogP contribution in [0.1, 0.15) is 11.5 Å². The van der Waals surface area contributed by atoms with Gasteiger partial charge in [-0.3, -0.25) is 4.79 Å². The van der Waals surface area contributed by atoms with E-state index in [4.69, 9.17) is 9.15 Å². The number of halogens is 1. The molecule has 7 nitrogen and oxygen atoms in total. The Labute approximate surface area is 181 Å². The number of hydrazone groups is 1. The summed E-state index contributed by atoms with van der Waals surface area (Å²) in [6.45, 7) is 0.195. The number of thioether (sulfide) groups is 1. The highest BCUT2D eigenvalue weighted by Gasteiger charge is 2.10. The summed E-state index contributed by atoms with van der Waals surface area (Å²) in [6.07, 6.45) is 1.42. The molecule has 0 saturated heterocycles. The predicted molar refractivity (Wildman–Crippen MR) is 117 cm³/mol. The molecule has 0 saturated carbocycles. The Hall–Kier alpha value is -3.59. The number of furan rings is 1. The molecule has 0 fully saturated rings. The molecule has 0 aliphatic carbocycles. The molecule has 0 radical (unpaired) electrons. The fraction of sp³-hybridized carbons (Fsp3) is 0.136. The zero-order valence-corrected chi connectivity index (χ0v) is 17.4. The van der Waals surface area contributed by atoms with Gasteiger partial charge in [-0.2, -0.15) is 5.10 Å². The summed E-state index contributed by atoms with van der Waals surface area (Å²) in [6, 6.07) is 17.0. The average molecular weight is 438 g/mol. The van der Waals surface area contributed by atoms with Gasteiger partial charge in [0.05, 0.1) is 23.0 Å². The lowest BCUT2D eigenvalue weighted by molar-refractivity contribution is -0.118. The maximum Gasteiger partial charge on any atom is 0.250 e. The lowest BCUT2D eigenvalue weighted by Gasteiger charge is -2.03. The van der Waals surface area contributed by atoms with Crippen LogP contribution in [0.3, 0.4) is 0 Å². The van der Waals surface area contributed by atoms with Crippen LogP contribution in [-0.2, 0) is 18.4 Å². The number of aryl methyl sites for hydroxylation is 1. The third-order valence-corrected chi connectivity index (χ3v) is 5.37. The number of imidazole rings is 1. The predicted octanol–water partition coefficient (Wildman–Crippen LogP) is 4.13. The SMILES string of the molecule is Cn1c(SCC(=O)N/N=C\c2ccc(COc3ccc(F)cc3)o2)nc2ccccc21. The van der Waals surface area contributed by atoms with Crippen LogP contribution in [0.2, 0.25) is 0 Å². The van der Waals surface area contributed by atoms with Crippen molar-refractivity contribution in [3.05, 3.63) is 78.0 Å². The van der Waals surface area contributed by atoms with Crippen LogP contribution in [0.4, 0.5) is 4.39 Å². The number of carbonyl (C=O) groups is 1. The number of hydrogen-bond acceptors (Lipinski definition) is 6. The molecule has 0 aliphatic heterocycles. The van der Waals surface area contributed by atoms with Gasteiger partial charge < -0.3 is 13.7 Å². The highest BCUT2D eigenvalue weighted by atomic mass is 32.2. The van der Waals surface area contributed by atoms with E-state index in [1.54, 1.807) is 24.3 Å². The standard InChI is InChI=1S/C22H19FN4O3S/c1-27-20-5-3-2-4-19(20)25-22(27)31-14-21(28)26-24-12-17-10-11-18(30-17)13-29-16-8-6-15(23)7-9-16/h2-12H,13-14H2,1H3,(H,26,28)/b24-12-. The Bertz CT molecular complexity index is 1220. The second-order valence-electron chi connectivity index (χ2n) is 6.57. The van der Waals surface area contributed by atoms with Crippen molar-refractivity contribution in [1.29, 1.82) is 0 Å². The van der Waals surface area contributed by atoms with E-state index in [2.05, 4.69) is 15.5 Å². The van der Waals surface area contributed by atoms with Crippen LogP contribution in [0.15, 0.2) is 75.3 Å². The monoisotopic (exact) mass is 438 g/mol. The average Bonchev–Trinajstić information content (AvgIpc) is 3.36. The van der Waals surface area contributed by atoms with Crippen LogP contribution >= 0.6 is 11.8 Å². The van der Waals surface area contributed by atoms with Crippen molar-refractivity contribution in [2.24, 2.45) is 12.1 Å². The lowest BCUT2D eigenvalue weighted by Crippen LogP contribution is -2.19. The Morgan fingerprint density at radius 3 is 2.84 bits per heavy atom. The minimum Gasteiger partial charge on any atom is -0.486 e. The smallest absolute Gasteiger partial charge is 0.250 e. The van der Waals surface area contributed by atoms with Crippen molar-refractivity contribution < 1.29 is 18.3 Å². The number of benzene rings is 2. The number of carbonyl (C=O) groups excluding carboxylic acids is 1. The van der Waals surface area contributed by atoms with E-state index in [9.17, 15) is 9.18 Å². The number of aromatic nitrogens is 2. The molecule has 9 heteroatoms. The third-order valence-electron chi connectivity index (χ3n) is 4.34. The normalized spacial score (nSPS) is 11.3. The van der Waals surface area contributed by atoms with E-state index >= 15 is 0 Å². The van der Waals surface area contributed by atoms with E-state index in [0.29, 0.717) is 17.3 Å². The topological polar surface area (TPSA) is 81.7 Å². The fourth-order valence-electron chi connectivity index (χ4n) is 2.81. The molecule has 2 heterocycles. The number of hydrogen-bond donors (Lipinski definition) is 1. The Morgan fingerprint density at radius 2 is 2.03 bits per heavy atom. The molecule has 2 aromatic heterocycles. The van der Waals surface area contributed by atoms with Gasteiger partial charge in [0.1, 0.15) is 29.7 Å². The van der Waals surface area contributed by atoms with Gasteiger partial charge in [0.15, 0.2) is 5.16 Å². The lowest BCUT2D eigenvalue weighted by atomic mass is 10.3. The van der Waals surface area contributed by atoms with Gasteiger partial charge >= 0.3 is 0 Å². The fourth-order valence-corrected chi connectivity index (χ4v) is 3.59. The quantitative estimate of drug-likeness (QED) is 0.254. The first-order chi connectivity index (χ1) is 15.1. The Kier molecular flexibility index (Phi) is 6.32. The minimum absolute atomic E-state index is 0.184. The van der Waals surface area contributed by atoms with Gasteiger partial charge in [0.2, 0.25) is 0 Å². The number of nitrogens with one attached hydrogen (secondary N) is 1. The van der Waals surface area contributed by atoms with Crippen molar-refractivity contribution >= 4 is 34.9 Å². The molecule has 1 amide bonds. The van der Waals surface area contributed by atoms with Crippen LogP contribution in [0, 0.1) is 5.82 Å². The van der Waals surface area contributed by atoms with Gasteiger partial charge in [0.25, 0.3) is 5.91 Å². The third kappa shape index (κ3) is 5.32. The summed E-state index contributed by atoms with van der Waals surface area (Å²) in [5.74, 6) is 1.20. The van der Waals surface area contributed by atoms with E-state index in [-0.39, 0.29) is 24.1 Å². The largest absolute Gasteiger partial charge is 0.486 e. The zero-order valence-electron chi connectivity index (χ0n) is 16.6. The Balaban J connectivity index is 1.24. The van der Waals surface area contributed by atoms with E-state index in [1.165, 1.54) is 30.1 Å². The summed E-state index contributed by atoms with van der Waals surface area (Å²) in [5.41, 5.74) is 4.38. The molecular weight excluding hydrogens is 419 g/mol. The summed E-state index contributed by atoms with van der Waals surface area (Å²) < 4.78 is 25.9. The maximum atomic E-state index is 12.9. The molecule has 0 aliphatic rings. The van der Waals surface area contributed by atoms with Crippen molar-refractivity contribution in [1.82, 2.24) is 15.0 Å². The van der Waals surface area contributed by atoms with Crippen molar-refractivity contribution in [2.75, 3.05) is 5.75 Å². The zero-order chi connectivity index (χ0) is 21.6. The van der Waals surface area contributed by atoms with Gasteiger partial charge in [-0.15, -0.1) is 0 Å². The van der Waals surface area contributed by atoms with Crippen LogP contribution < -0.4 is 10.2 Å². The van der Waals surface area contributed by atoms with E-state index in [1.807, 2.05) is 35.9 Å². The highest BCUT2D eigenvalue weighted by molar-refractivity contribution is 7.99. The molecule has 1 N–H and O–H groups in total. The second-order valence-corrected chi connectivity index (χ2v) is 7.51. The number of ether oxygens (including phenoxy) is 1. The molecule has 0 bridgehead atoms. The molecule has 0 spiro atoms. The first-order valence-electron chi connectivity index (χ1n) is 9.42. The van der Waals surface area contributed by atoms with Gasteiger partial charge in [-0.1, -0.05) is 23.9 Å². The summed E-state index contributed by atoms with van der Waals surface area (Å²) in [7, 11) is 1.92. The van der Waals surface area contributed by atoms with E-state index in [0.717, 1.165) is 16.2 Å².